The lowest BCUT2D eigenvalue weighted by Gasteiger charge is -2.16. The number of H-pyrrole nitrogens is 1. The van der Waals surface area contributed by atoms with Gasteiger partial charge in [0, 0.05) is 29.7 Å². The number of hydrogen-bond acceptors (Lipinski definition) is 4. The fraction of sp³-hybridized carbons (Fsp3) is 0.227. The topological polar surface area (TPSA) is 62.8 Å². The summed E-state index contributed by atoms with van der Waals surface area (Å²) in [5.41, 5.74) is 0.175. The van der Waals surface area contributed by atoms with Crippen molar-refractivity contribution in [2.24, 2.45) is 0 Å². The van der Waals surface area contributed by atoms with Crippen LogP contribution in [-0.4, -0.2) is 27.8 Å². The molecule has 1 unspecified atom stereocenters. The maximum atomic E-state index is 12.9. The van der Waals surface area contributed by atoms with Crippen LogP contribution in [0.2, 0.25) is 0 Å². The van der Waals surface area contributed by atoms with Crippen molar-refractivity contribution in [1.29, 1.82) is 0 Å². The van der Waals surface area contributed by atoms with Crippen LogP contribution in [0.15, 0.2) is 65.5 Å². The van der Waals surface area contributed by atoms with Gasteiger partial charge in [0.25, 0.3) is 5.56 Å². The Hall–Kier alpha value is -2.87. The largest absolute Gasteiger partial charge is 0.416 e. The molecule has 0 spiro atoms. The average molecular weight is 432 g/mol. The Bertz CT molecular complexity index is 1060. The molecule has 0 fully saturated rings. The van der Waals surface area contributed by atoms with E-state index in [2.05, 4.69) is 9.97 Å². The van der Waals surface area contributed by atoms with Crippen molar-refractivity contribution in [3.8, 4) is 11.4 Å². The zero-order chi connectivity index (χ0) is 21.7. The van der Waals surface area contributed by atoms with Gasteiger partial charge in [-0.2, -0.15) is 24.9 Å². The van der Waals surface area contributed by atoms with E-state index in [0.29, 0.717) is 22.7 Å². The number of nitrogens with one attached hydrogen (secondary N) is 1. The second-order valence-corrected chi connectivity index (χ2v) is 7.66. The van der Waals surface area contributed by atoms with E-state index in [0.717, 1.165) is 18.2 Å². The first-order valence-corrected chi connectivity index (χ1v) is 10.5. The molecule has 1 N–H and O–H groups in total. The Morgan fingerprint density at radius 2 is 1.77 bits per heavy atom. The number of carbonyl (C=O) groups excluding carboxylic acids is 1. The van der Waals surface area contributed by atoms with Gasteiger partial charge in [-0.15, -0.1) is 0 Å². The van der Waals surface area contributed by atoms with E-state index in [9.17, 15) is 22.8 Å². The first-order chi connectivity index (χ1) is 14.3. The fourth-order valence-electron chi connectivity index (χ4n) is 3.08. The Morgan fingerprint density at radius 3 is 2.37 bits per heavy atom. The highest BCUT2D eigenvalue weighted by Crippen LogP contribution is 2.32. The number of Topliss-reactive ketones (excluding diaryl/α,β-unsaturated/α-hetero) is 1. The van der Waals surface area contributed by atoms with Crippen molar-refractivity contribution < 1.29 is 18.0 Å². The van der Waals surface area contributed by atoms with Gasteiger partial charge in [0.05, 0.1) is 5.56 Å². The highest BCUT2D eigenvalue weighted by Gasteiger charge is 2.30. The van der Waals surface area contributed by atoms with Crippen LogP contribution in [0.25, 0.3) is 11.4 Å². The standard InChI is InChI=1S/C22H19F3N2O2S/c1-30-13-16(14-7-9-17(10-8-14)22(23,24)25)11-19(28)18-12-20(29)27-21(26-18)15-5-3-2-4-6-15/h2-10,12,16H,11,13H2,1H3,(H,26,27,29). The number of rotatable bonds is 7. The molecule has 1 heterocycles. The third kappa shape index (κ3) is 5.38. The molecule has 2 aromatic carbocycles. The minimum Gasteiger partial charge on any atom is -0.306 e. The van der Waals surface area contributed by atoms with Gasteiger partial charge < -0.3 is 4.98 Å². The summed E-state index contributed by atoms with van der Waals surface area (Å²) in [6, 6.07) is 14.9. The molecule has 0 saturated heterocycles. The number of benzene rings is 2. The molecule has 156 valence electrons. The molecule has 0 radical (unpaired) electrons. The lowest BCUT2D eigenvalue weighted by Crippen LogP contribution is -2.17. The monoisotopic (exact) mass is 432 g/mol. The number of aromatic nitrogens is 2. The van der Waals surface area contributed by atoms with E-state index >= 15 is 0 Å². The molecular weight excluding hydrogens is 413 g/mol. The Morgan fingerprint density at radius 1 is 1.10 bits per heavy atom. The molecule has 0 amide bonds. The number of ketones is 1. The molecule has 30 heavy (non-hydrogen) atoms. The Kier molecular flexibility index (Phi) is 6.77. The quantitative estimate of drug-likeness (QED) is 0.523. The molecule has 0 bridgehead atoms. The van der Waals surface area contributed by atoms with E-state index in [1.54, 1.807) is 24.3 Å². The second-order valence-electron chi connectivity index (χ2n) is 6.74. The normalized spacial score (nSPS) is 12.5. The molecule has 4 nitrogen and oxygen atoms in total. The van der Waals surface area contributed by atoms with Crippen molar-refractivity contribution in [3.05, 3.63) is 87.8 Å². The highest BCUT2D eigenvalue weighted by atomic mass is 32.2. The zero-order valence-electron chi connectivity index (χ0n) is 16.1. The van der Waals surface area contributed by atoms with Crippen LogP contribution in [0, 0.1) is 0 Å². The van der Waals surface area contributed by atoms with Gasteiger partial charge in [-0.3, -0.25) is 9.59 Å². The SMILES string of the molecule is CSCC(CC(=O)c1cc(=O)[nH]c(-c2ccccc2)n1)c1ccc(C(F)(F)F)cc1. The number of aromatic amines is 1. The van der Waals surface area contributed by atoms with Crippen LogP contribution in [0.4, 0.5) is 13.2 Å². The highest BCUT2D eigenvalue weighted by molar-refractivity contribution is 7.98. The van der Waals surface area contributed by atoms with Gasteiger partial charge in [0.2, 0.25) is 0 Å². The number of nitrogens with zero attached hydrogens (tertiary/aromatic N) is 1. The summed E-state index contributed by atoms with van der Waals surface area (Å²) in [7, 11) is 0. The van der Waals surface area contributed by atoms with Crippen LogP contribution in [-0.2, 0) is 6.18 Å². The van der Waals surface area contributed by atoms with Crippen LogP contribution >= 0.6 is 11.8 Å². The number of hydrogen-bond donors (Lipinski definition) is 1. The molecule has 0 aliphatic carbocycles. The van der Waals surface area contributed by atoms with Crippen molar-refractivity contribution in [3.63, 3.8) is 0 Å². The summed E-state index contributed by atoms with van der Waals surface area (Å²) in [6.07, 6.45) is -2.51. The molecular formula is C22H19F3N2O2S. The molecule has 1 aromatic heterocycles. The van der Waals surface area contributed by atoms with Crippen molar-refractivity contribution in [2.45, 2.75) is 18.5 Å². The van der Waals surface area contributed by atoms with Gasteiger partial charge in [0.1, 0.15) is 11.5 Å². The van der Waals surface area contributed by atoms with Gasteiger partial charge in [-0.05, 0) is 24.0 Å². The Labute approximate surface area is 175 Å². The van der Waals surface area contributed by atoms with E-state index < -0.39 is 17.3 Å². The van der Waals surface area contributed by atoms with Gasteiger partial charge in [0.15, 0.2) is 5.78 Å². The predicted octanol–water partition coefficient (Wildman–Crippen LogP) is 5.18. The molecule has 0 aliphatic heterocycles. The summed E-state index contributed by atoms with van der Waals surface area (Å²) in [5, 5.41) is 0. The van der Waals surface area contributed by atoms with Crippen LogP contribution in [0.5, 0.6) is 0 Å². The molecule has 0 aliphatic rings. The maximum absolute atomic E-state index is 12.9. The summed E-state index contributed by atoms with van der Waals surface area (Å²) >= 11 is 1.49. The first kappa shape index (κ1) is 21.8. The summed E-state index contributed by atoms with van der Waals surface area (Å²) in [5.74, 6) is 0.210. The fourth-order valence-corrected chi connectivity index (χ4v) is 3.79. The summed E-state index contributed by atoms with van der Waals surface area (Å²) in [4.78, 5) is 31.8. The van der Waals surface area contributed by atoms with Crippen molar-refractivity contribution in [1.82, 2.24) is 9.97 Å². The maximum Gasteiger partial charge on any atom is 0.416 e. The van der Waals surface area contributed by atoms with Crippen LogP contribution < -0.4 is 5.56 Å². The van der Waals surface area contributed by atoms with E-state index in [4.69, 9.17) is 0 Å². The molecule has 1 atom stereocenters. The third-order valence-electron chi connectivity index (χ3n) is 4.58. The molecule has 3 aromatic rings. The smallest absolute Gasteiger partial charge is 0.306 e. The van der Waals surface area contributed by atoms with Crippen LogP contribution in [0.3, 0.4) is 0 Å². The van der Waals surface area contributed by atoms with E-state index in [-0.39, 0.29) is 23.8 Å². The zero-order valence-corrected chi connectivity index (χ0v) is 16.9. The summed E-state index contributed by atoms with van der Waals surface area (Å²) in [6.45, 7) is 0. The van der Waals surface area contributed by atoms with Crippen molar-refractivity contribution in [2.75, 3.05) is 12.0 Å². The third-order valence-corrected chi connectivity index (χ3v) is 5.32. The van der Waals surface area contributed by atoms with E-state index in [1.807, 2.05) is 12.3 Å². The number of thioether (sulfide) groups is 1. The van der Waals surface area contributed by atoms with Gasteiger partial charge >= 0.3 is 6.18 Å². The molecule has 8 heteroatoms. The lowest BCUT2D eigenvalue weighted by atomic mass is 9.93. The van der Waals surface area contributed by atoms with E-state index in [1.165, 1.54) is 23.9 Å². The van der Waals surface area contributed by atoms with Crippen LogP contribution in [0.1, 0.15) is 34.0 Å². The number of halogens is 3. The minimum atomic E-state index is -4.41. The predicted molar refractivity (Wildman–Crippen MR) is 112 cm³/mol. The van der Waals surface area contributed by atoms with Gasteiger partial charge in [-0.25, -0.2) is 4.98 Å². The Balaban J connectivity index is 1.85. The second kappa shape index (κ2) is 9.30. The molecule has 0 saturated carbocycles. The lowest BCUT2D eigenvalue weighted by molar-refractivity contribution is -0.137. The average Bonchev–Trinajstić information content (AvgIpc) is 2.73. The minimum absolute atomic E-state index is 0.0376. The number of alkyl halides is 3. The van der Waals surface area contributed by atoms with Gasteiger partial charge in [-0.1, -0.05) is 42.5 Å². The first-order valence-electron chi connectivity index (χ1n) is 9.14. The molecule has 3 rings (SSSR count). The number of carbonyl (C=O) groups is 1. The van der Waals surface area contributed by atoms with Crippen molar-refractivity contribution >= 4 is 17.5 Å². The summed E-state index contributed by atoms with van der Waals surface area (Å²) < 4.78 is 38.5.